The molecule has 0 N–H and O–H groups in total. The van der Waals surface area contributed by atoms with E-state index in [1.165, 1.54) is 12.1 Å². The summed E-state index contributed by atoms with van der Waals surface area (Å²) in [7, 11) is 0. The van der Waals surface area contributed by atoms with Gasteiger partial charge >= 0.3 is 5.97 Å². The van der Waals surface area contributed by atoms with Gasteiger partial charge in [0, 0.05) is 12.4 Å². The molecule has 2 heterocycles. The summed E-state index contributed by atoms with van der Waals surface area (Å²) in [6.07, 6.45) is 3.77. The van der Waals surface area contributed by atoms with Gasteiger partial charge in [-0.05, 0) is 30.2 Å². The number of fused-ring (bicyclic) bond motifs is 1. The van der Waals surface area contributed by atoms with Crippen molar-refractivity contribution in [2.75, 3.05) is 0 Å². The molecule has 110 valence electrons. The second-order valence-corrected chi connectivity index (χ2v) is 4.77. The molecule has 0 unspecified atom stereocenters. The highest BCUT2D eigenvalue weighted by Crippen LogP contribution is 2.22. The van der Waals surface area contributed by atoms with Gasteiger partial charge in [-0.3, -0.25) is 14.6 Å². The number of rotatable bonds is 4. The third-order valence-electron chi connectivity index (χ3n) is 3.29. The minimum Gasteiger partial charge on any atom is -0.330 e. The van der Waals surface area contributed by atoms with E-state index in [4.69, 9.17) is 4.84 Å². The summed E-state index contributed by atoms with van der Waals surface area (Å²) in [5.74, 6) is -1.87. The average Bonchev–Trinajstić information content (AvgIpc) is 2.79. The quantitative estimate of drug-likeness (QED) is 0.804. The highest BCUT2D eigenvalue weighted by atomic mass is 16.7. The van der Waals surface area contributed by atoms with Crippen LogP contribution >= 0.6 is 0 Å². The van der Waals surface area contributed by atoms with Crippen molar-refractivity contribution in [1.82, 2.24) is 10.0 Å². The van der Waals surface area contributed by atoms with E-state index in [0.717, 1.165) is 5.56 Å². The number of nitrogens with zero attached hydrogens (tertiary/aromatic N) is 2. The monoisotopic (exact) mass is 296 g/mol. The predicted molar refractivity (Wildman–Crippen MR) is 75.6 cm³/mol. The highest BCUT2D eigenvalue weighted by molar-refractivity contribution is 6.20. The van der Waals surface area contributed by atoms with Gasteiger partial charge in [-0.1, -0.05) is 23.3 Å². The molecule has 1 aliphatic heterocycles. The Morgan fingerprint density at radius 2 is 1.73 bits per heavy atom. The predicted octanol–water partition coefficient (Wildman–Crippen LogP) is 1.77. The molecule has 0 saturated heterocycles. The number of carbonyl (C=O) groups excluding carboxylic acids is 3. The molecule has 0 atom stereocenters. The van der Waals surface area contributed by atoms with Crippen LogP contribution in [0, 0.1) is 0 Å². The fourth-order valence-corrected chi connectivity index (χ4v) is 2.19. The van der Waals surface area contributed by atoms with E-state index in [0.29, 0.717) is 11.5 Å². The minimum atomic E-state index is -0.640. The Morgan fingerprint density at radius 3 is 2.32 bits per heavy atom. The molecular formula is C16H12N2O4. The Bertz CT molecular complexity index is 708. The molecule has 0 radical (unpaired) electrons. The third kappa shape index (κ3) is 2.58. The molecule has 3 rings (SSSR count). The fourth-order valence-electron chi connectivity index (χ4n) is 2.19. The number of hydroxylamine groups is 2. The topological polar surface area (TPSA) is 76.6 Å². The summed E-state index contributed by atoms with van der Waals surface area (Å²) in [5.41, 5.74) is 1.36. The first-order valence-corrected chi connectivity index (χ1v) is 6.74. The first-order chi connectivity index (χ1) is 10.7. The summed E-state index contributed by atoms with van der Waals surface area (Å²) in [5, 5.41) is 0.524. The van der Waals surface area contributed by atoms with E-state index in [2.05, 4.69) is 4.98 Å². The van der Waals surface area contributed by atoms with Gasteiger partial charge in [-0.2, -0.15) is 0 Å². The van der Waals surface area contributed by atoms with Gasteiger partial charge < -0.3 is 4.84 Å². The molecule has 0 bridgehead atoms. The number of amides is 2. The summed E-state index contributed by atoms with van der Waals surface area (Å²) >= 11 is 0. The van der Waals surface area contributed by atoms with Crippen LogP contribution in [0.2, 0.25) is 0 Å². The standard InChI is InChI=1S/C16H12N2O4/c19-14(8-7-11-4-3-9-17-10-11)22-18-15(20)12-5-1-2-6-13(12)16(18)21/h1-6,9-10H,7-8H2. The molecule has 0 fully saturated rings. The first-order valence-electron chi connectivity index (χ1n) is 6.74. The summed E-state index contributed by atoms with van der Waals surface area (Å²) in [6.45, 7) is 0. The lowest BCUT2D eigenvalue weighted by atomic mass is 10.1. The number of carbonyl (C=O) groups is 3. The smallest absolute Gasteiger partial charge is 0.330 e. The van der Waals surface area contributed by atoms with Gasteiger partial charge in [0.05, 0.1) is 17.5 Å². The largest absolute Gasteiger partial charge is 0.333 e. The van der Waals surface area contributed by atoms with Crippen LogP contribution in [0.3, 0.4) is 0 Å². The van der Waals surface area contributed by atoms with Crippen molar-refractivity contribution in [1.29, 1.82) is 0 Å². The third-order valence-corrected chi connectivity index (χ3v) is 3.29. The Morgan fingerprint density at radius 1 is 1.05 bits per heavy atom. The number of hydrogen-bond donors (Lipinski definition) is 0. The maximum Gasteiger partial charge on any atom is 0.333 e. The van der Waals surface area contributed by atoms with Crippen LogP contribution in [0.15, 0.2) is 48.8 Å². The summed E-state index contributed by atoms with van der Waals surface area (Å²) in [6, 6.07) is 9.96. The lowest BCUT2D eigenvalue weighted by Gasteiger charge is -2.12. The van der Waals surface area contributed by atoms with Crippen molar-refractivity contribution in [3.05, 3.63) is 65.5 Å². The molecule has 0 saturated carbocycles. The van der Waals surface area contributed by atoms with Crippen molar-refractivity contribution >= 4 is 17.8 Å². The highest BCUT2D eigenvalue weighted by Gasteiger charge is 2.38. The number of pyridine rings is 1. The molecule has 6 heteroatoms. The number of benzene rings is 1. The van der Waals surface area contributed by atoms with Crippen molar-refractivity contribution in [2.45, 2.75) is 12.8 Å². The Hall–Kier alpha value is -3.02. The normalized spacial score (nSPS) is 13.2. The second kappa shape index (κ2) is 5.77. The molecule has 22 heavy (non-hydrogen) atoms. The van der Waals surface area contributed by atoms with Crippen LogP contribution in [0.5, 0.6) is 0 Å². The fraction of sp³-hybridized carbons (Fsp3) is 0.125. The van der Waals surface area contributed by atoms with Crippen LogP contribution in [0.25, 0.3) is 0 Å². The van der Waals surface area contributed by atoms with Crippen LogP contribution < -0.4 is 0 Å². The second-order valence-electron chi connectivity index (χ2n) is 4.77. The van der Waals surface area contributed by atoms with Crippen LogP contribution in [0.4, 0.5) is 0 Å². The lowest BCUT2D eigenvalue weighted by molar-refractivity contribution is -0.168. The molecule has 6 nitrogen and oxygen atoms in total. The molecular weight excluding hydrogens is 284 g/mol. The van der Waals surface area contributed by atoms with Gasteiger partial charge in [0.1, 0.15) is 0 Å². The van der Waals surface area contributed by atoms with Gasteiger partial charge in [-0.15, -0.1) is 0 Å². The zero-order valence-corrected chi connectivity index (χ0v) is 11.6. The van der Waals surface area contributed by atoms with Gasteiger partial charge in [0.2, 0.25) is 0 Å². The zero-order chi connectivity index (χ0) is 15.5. The van der Waals surface area contributed by atoms with E-state index in [1.54, 1.807) is 30.6 Å². The molecule has 2 amide bonds. The maximum atomic E-state index is 12.0. The van der Waals surface area contributed by atoms with Crippen LogP contribution in [-0.2, 0) is 16.1 Å². The van der Waals surface area contributed by atoms with Crippen molar-refractivity contribution in [2.24, 2.45) is 0 Å². The Labute approximate surface area is 126 Å². The molecule has 0 spiro atoms. The van der Waals surface area contributed by atoms with Gasteiger partial charge in [0.25, 0.3) is 11.8 Å². The van der Waals surface area contributed by atoms with Crippen molar-refractivity contribution in [3.63, 3.8) is 0 Å². The average molecular weight is 296 g/mol. The zero-order valence-electron chi connectivity index (χ0n) is 11.6. The Kier molecular flexibility index (Phi) is 3.65. The summed E-state index contributed by atoms with van der Waals surface area (Å²) in [4.78, 5) is 44.8. The molecule has 1 aromatic carbocycles. The van der Waals surface area contributed by atoms with E-state index in [-0.39, 0.29) is 17.5 Å². The first kappa shape index (κ1) is 13.9. The van der Waals surface area contributed by atoms with Gasteiger partial charge in [-0.25, -0.2) is 4.79 Å². The van der Waals surface area contributed by atoms with E-state index >= 15 is 0 Å². The lowest BCUT2D eigenvalue weighted by Crippen LogP contribution is -2.32. The number of hydrogen-bond acceptors (Lipinski definition) is 5. The molecule has 1 aliphatic rings. The van der Waals surface area contributed by atoms with Crippen LogP contribution in [0.1, 0.15) is 32.7 Å². The number of aromatic nitrogens is 1. The molecule has 0 aliphatic carbocycles. The van der Waals surface area contributed by atoms with Crippen LogP contribution in [-0.4, -0.2) is 27.8 Å². The molecule has 1 aromatic heterocycles. The number of imide groups is 1. The van der Waals surface area contributed by atoms with Gasteiger partial charge in [0.15, 0.2) is 0 Å². The summed E-state index contributed by atoms with van der Waals surface area (Å²) < 4.78 is 0. The Balaban J connectivity index is 1.63. The van der Waals surface area contributed by atoms with E-state index < -0.39 is 17.8 Å². The SMILES string of the molecule is O=C(CCc1cccnc1)ON1C(=O)c2ccccc2C1=O. The van der Waals surface area contributed by atoms with E-state index in [1.807, 2.05) is 6.07 Å². The van der Waals surface area contributed by atoms with E-state index in [9.17, 15) is 14.4 Å². The van der Waals surface area contributed by atoms with Crippen molar-refractivity contribution < 1.29 is 19.2 Å². The van der Waals surface area contributed by atoms with Crippen molar-refractivity contribution in [3.8, 4) is 0 Å². The minimum absolute atomic E-state index is 0.0547. The number of aryl methyl sites for hydroxylation is 1. The maximum absolute atomic E-state index is 12.0. The molecule has 2 aromatic rings.